The summed E-state index contributed by atoms with van der Waals surface area (Å²) >= 11 is 0. The van der Waals surface area contributed by atoms with E-state index in [1.54, 1.807) is 0 Å². The van der Waals surface area contributed by atoms with Crippen molar-refractivity contribution in [3.8, 4) is 0 Å². The van der Waals surface area contributed by atoms with Crippen molar-refractivity contribution in [2.45, 2.75) is 26.8 Å². The van der Waals surface area contributed by atoms with Crippen LogP contribution in [0.4, 0.5) is 14.5 Å². The maximum absolute atomic E-state index is 13.4. The molecule has 0 fully saturated rings. The maximum atomic E-state index is 13.4. The minimum atomic E-state index is -0.793. The summed E-state index contributed by atoms with van der Waals surface area (Å²) in [6.07, 6.45) is 0. The molecule has 4 nitrogen and oxygen atoms in total. The fourth-order valence-electron chi connectivity index (χ4n) is 1.76. The Labute approximate surface area is 123 Å². The van der Waals surface area contributed by atoms with E-state index in [1.165, 1.54) is 6.07 Å². The Kier molecular flexibility index (Phi) is 7.25. The molecule has 1 amide bonds. The fourth-order valence-corrected chi connectivity index (χ4v) is 1.76. The van der Waals surface area contributed by atoms with Gasteiger partial charge in [-0.05, 0) is 25.0 Å². The van der Waals surface area contributed by atoms with E-state index in [1.807, 2.05) is 20.8 Å². The molecule has 0 saturated carbocycles. The second-order valence-electron chi connectivity index (χ2n) is 5.04. The van der Waals surface area contributed by atoms with Gasteiger partial charge in [0.25, 0.3) is 0 Å². The molecule has 0 aliphatic rings. The highest BCUT2D eigenvalue weighted by atomic mass is 19.1. The molecule has 0 radical (unpaired) electrons. The normalized spacial score (nSPS) is 12.5. The lowest BCUT2D eigenvalue weighted by atomic mass is 10.1. The highest BCUT2D eigenvalue weighted by Crippen LogP contribution is 2.17. The van der Waals surface area contributed by atoms with Crippen molar-refractivity contribution in [1.82, 2.24) is 5.32 Å². The number of nitrogens with one attached hydrogen (secondary N) is 2. The molecule has 0 heterocycles. The van der Waals surface area contributed by atoms with Gasteiger partial charge in [-0.2, -0.15) is 0 Å². The van der Waals surface area contributed by atoms with Gasteiger partial charge in [-0.25, -0.2) is 8.78 Å². The fraction of sp³-hybridized carbons (Fsp3) is 0.533. The number of amides is 1. The van der Waals surface area contributed by atoms with E-state index in [2.05, 4.69) is 10.6 Å². The average molecular weight is 300 g/mol. The van der Waals surface area contributed by atoms with Crippen LogP contribution < -0.4 is 10.6 Å². The minimum Gasteiger partial charge on any atom is -0.380 e. The summed E-state index contributed by atoms with van der Waals surface area (Å²) in [5, 5.41) is 5.27. The second-order valence-corrected chi connectivity index (χ2v) is 5.04. The highest BCUT2D eigenvalue weighted by Gasteiger charge is 2.16. The minimum absolute atomic E-state index is 0.00108. The summed E-state index contributed by atoms with van der Waals surface area (Å²) in [6.45, 7) is 6.94. The molecule has 1 aromatic rings. The van der Waals surface area contributed by atoms with Gasteiger partial charge in [-0.15, -0.1) is 0 Å². The Hall–Kier alpha value is -1.53. The topological polar surface area (TPSA) is 50.4 Å². The second kappa shape index (κ2) is 8.69. The molecule has 0 aliphatic carbocycles. The Balaban J connectivity index is 2.53. The van der Waals surface area contributed by atoms with Crippen molar-refractivity contribution < 1.29 is 18.3 Å². The Morgan fingerprint density at radius 2 is 1.90 bits per heavy atom. The summed E-state index contributed by atoms with van der Waals surface area (Å²) in [4.78, 5) is 11.8. The van der Waals surface area contributed by atoms with Crippen LogP contribution in [0.15, 0.2) is 18.2 Å². The molecule has 21 heavy (non-hydrogen) atoms. The molecular weight excluding hydrogens is 278 g/mol. The Bertz CT molecular complexity index is 447. The summed E-state index contributed by atoms with van der Waals surface area (Å²) in [6, 6.07) is 3.44. The van der Waals surface area contributed by atoms with Crippen LogP contribution in [0.3, 0.4) is 0 Å². The van der Waals surface area contributed by atoms with Crippen molar-refractivity contribution >= 4 is 11.6 Å². The number of para-hydroxylation sites is 1. The predicted octanol–water partition coefficient (Wildman–Crippen LogP) is 2.55. The van der Waals surface area contributed by atoms with Crippen LogP contribution in [-0.4, -0.2) is 31.7 Å². The van der Waals surface area contributed by atoms with Crippen LogP contribution in [0, 0.1) is 17.6 Å². The molecule has 0 aliphatic heterocycles. The molecule has 1 atom stereocenters. The van der Waals surface area contributed by atoms with Gasteiger partial charge >= 0.3 is 0 Å². The van der Waals surface area contributed by atoms with Crippen molar-refractivity contribution in [3.63, 3.8) is 0 Å². The monoisotopic (exact) mass is 300 g/mol. The standard InChI is InChI=1S/C15H22F2N2O2/c1-4-21-9-13(10(2)3)18-8-14(20)19-15-11(16)6-5-7-12(15)17/h5-7,10,13,18H,4,8-9H2,1-3H3,(H,19,20). The summed E-state index contributed by atoms with van der Waals surface area (Å²) in [5.74, 6) is -1.81. The quantitative estimate of drug-likeness (QED) is 0.776. The molecule has 6 heteroatoms. The molecule has 0 bridgehead atoms. The third kappa shape index (κ3) is 5.77. The number of halogens is 2. The SMILES string of the molecule is CCOCC(NCC(=O)Nc1c(F)cccc1F)C(C)C. The van der Waals surface area contributed by atoms with Crippen LogP contribution in [-0.2, 0) is 9.53 Å². The van der Waals surface area contributed by atoms with Gasteiger partial charge in [0.1, 0.15) is 17.3 Å². The van der Waals surface area contributed by atoms with E-state index in [0.717, 1.165) is 12.1 Å². The van der Waals surface area contributed by atoms with Crippen molar-refractivity contribution in [2.24, 2.45) is 5.92 Å². The van der Waals surface area contributed by atoms with E-state index in [0.29, 0.717) is 13.2 Å². The van der Waals surface area contributed by atoms with E-state index in [4.69, 9.17) is 4.74 Å². The van der Waals surface area contributed by atoms with Crippen molar-refractivity contribution in [3.05, 3.63) is 29.8 Å². The van der Waals surface area contributed by atoms with Gasteiger partial charge < -0.3 is 15.4 Å². The Morgan fingerprint density at radius 1 is 1.29 bits per heavy atom. The predicted molar refractivity (Wildman–Crippen MR) is 78.1 cm³/mol. The van der Waals surface area contributed by atoms with Gasteiger partial charge in [0.2, 0.25) is 5.91 Å². The summed E-state index contributed by atoms with van der Waals surface area (Å²) in [5.41, 5.74) is -0.421. The van der Waals surface area contributed by atoms with E-state index < -0.39 is 23.2 Å². The highest BCUT2D eigenvalue weighted by molar-refractivity contribution is 5.92. The summed E-state index contributed by atoms with van der Waals surface area (Å²) in [7, 11) is 0. The first-order valence-corrected chi connectivity index (χ1v) is 7.00. The van der Waals surface area contributed by atoms with Crippen molar-refractivity contribution in [1.29, 1.82) is 0 Å². The lowest BCUT2D eigenvalue weighted by molar-refractivity contribution is -0.115. The lowest BCUT2D eigenvalue weighted by Crippen LogP contribution is -2.42. The average Bonchev–Trinajstić information content (AvgIpc) is 2.42. The van der Waals surface area contributed by atoms with Crippen LogP contribution >= 0.6 is 0 Å². The number of ether oxygens (including phenoxy) is 1. The zero-order valence-corrected chi connectivity index (χ0v) is 12.6. The largest absolute Gasteiger partial charge is 0.380 e. The molecule has 0 saturated heterocycles. The van der Waals surface area contributed by atoms with Crippen LogP contribution in [0.1, 0.15) is 20.8 Å². The molecule has 1 rings (SSSR count). The summed E-state index contributed by atoms with van der Waals surface area (Å²) < 4.78 is 32.2. The number of carbonyl (C=O) groups is 1. The molecule has 0 aromatic heterocycles. The molecule has 2 N–H and O–H groups in total. The van der Waals surface area contributed by atoms with Crippen molar-refractivity contribution in [2.75, 3.05) is 25.1 Å². The number of rotatable bonds is 8. The zero-order chi connectivity index (χ0) is 15.8. The van der Waals surface area contributed by atoms with Crippen LogP contribution in [0.25, 0.3) is 0 Å². The van der Waals surface area contributed by atoms with E-state index in [-0.39, 0.29) is 18.5 Å². The first-order valence-electron chi connectivity index (χ1n) is 7.00. The van der Waals surface area contributed by atoms with Gasteiger partial charge in [0.15, 0.2) is 0 Å². The van der Waals surface area contributed by atoms with Gasteiger partial charge in [0.05, 0.1) is 13.2 Å². The number of hydrogen-bond donors (Lipinski definition) is 2. The van der Waals surface area contributed by atoms with E-state index in [9.17, 15) is 13.6 Å². The number of carbonyl (C=O) groups excluding carboxylic acids is 1. The lowest BCUT2D eigenvalue weighted by Gasteiger charge is -2.22. The third-order valence-corrected chi connectivity index (χ3v) is 3.06. The smallest absolute Gasteiger partial charge is 0.238 e. The van der Waals surface area contributed by atoms with Gasteiger partial charge in [-0.3, -0.25) is 4.79 Å². The molecular formula is C15H22F2N2O2. The van der Waals surface area contributed by atoms with Gasteiger partial charge in [-0.1, -0.05) is 19.9 Å². The first kappa shape index (κ1) is 17.5. The maximum Gasteiger partial charge on any atom is 0.238 e. The molecule has 1 aromatic carbocycles. The third-order valence-electron chi connectivity index (χ3n) is 3.06. The molecule has 0 spiro atoms. The van der Waals surface area contributed by atoms with E-state index >= 15 is 0 Å². The molecule has 1 unspecified atom stereocenters. The number of benzene rings is 1. The number of hydrogen-bond acceptors (Lipinski definition) is 3. The molecule has 118 valence electrons. The zero-order valence-electron chi connectivity index (χ0n) is 12.6. The van der Waals surface area contributed by atoms with Crippen LogP contribution in [0.5, 0.6) is 0 Å². The number of anilines is 1. The van der Waals surface area contributed by atoms with Gasteiger partial charge in [0, 0.05) is 12.6 Å². The van der Waals surface area contributed by atoms with Crippen LogP contribution in [0.2, 0.25) is 0 Å². The Morgan fingerprint density at radius 3 is 2.43 bits per heavy atom. The first-order chi connectivity index (χ1) is 9.95.